The summed E-state index contributed by atoms with van der Waals surface area (Å²) in [6, 6.07) is 0. The highest BCUT2D eigenvalue weighted by Crippen LogP contribution is 2.22. The van der Waals surface area contributed by atoms with Crippen molar-refractivity contribution in [2.75, 3.05) is 27.2 Å². The summed E-state index contributed by atoms with van der Waals surface area (Å²) >= 11 is 0. The number of carbonyl (C=O) groups excluding carboxylic acids is 1. The number of likely N-dealkylation sites (N-methyl/N-ethyl adjacent to an activating group) is 1. The summed E-state index contributed by atoms with van der Waals surface area (Å²) in [4.78, 5) is 18.3. The summed E-state index contributed by atoms with van der Waals surface area (Å²) in [6.07, 6.45) is 11.1. The first-order valence-electron chi connectivity index (χ1n) is 11.4. The normalized spacial score (nSPS) is 16.1. The molecule has 1 fully saturated rings. The average Bonchev–Trinajstić information content (AvgIpc) is 2.71. The number of nitrogens with one attached hydrogen (secondary N) is 1. The molecule has 1 aliphatic carbocycles. The van der Waals surface area contributed by atoms with Crippen molar-refractivity contribution in [1.29, 1.82) is 0 Å². The van der Waals surface area contributed by atoms with Gasteiger partial charge < -0.3 is 16.0 Å². The van der Waals surface area contributed by atoms with E-state index in [0.717, 1.165) is 43.7 Å². The Labute approximate surface area is 179 Å². The van der Waals surface area contributed by atoms with Gasteiger partial charge in [0.25, 0.3) is 5.91 Å². The quantitative estimate of drug-likeness (QED) is 0.291. The van der Waals surface area contributed by atoms with Crippen LogP contribution in [0.15, 0.2) is 28.5 Å². The second-order valence-corrected chi connectivity index (χ2v) is 8.45. The van der Waals surface area contributed by atoms with Gasteiger partial charge in [0.05, 0.1) is 5.70 Å². The Morgan fingerprint density at radius 2 is 1.83 bits per heavy atom. The molecule has 168 valence electrons. The van der Waals surface area contributed by atoms with Gasteiger partial charge in [-0.2, -0.15) is 0 Å². The Morgan fingerprint density at radius 1 is 1.21 bits per heavy atom. The molecular weight excluding hydrogens is 360 g/mol. The van der Waals surface area contributed by atoms with Crippen LogP contribution in [0.2, 0.25) is 0 Å². The van der Waals surface area contributed by atoms with Gasteiger partial charge in [-0.05, 0) is 56.4 Å². The number of aliphatic imine (C=N–C) groups is 1. The van der Waals surface area contributed by atoms with E-state index in [1.807, 2.05) is 14.1 Å². The standard InChI is InChI=1S/C17H31N3O.C7H15N/c1-8-10-13(3)12-19-17(21)16(20(6)7)15(18-5)14(4)11-9-2;8-6-7-4-2-1-3-5-7/h13H,4-5,8-12H2,1-3,6-7H3,(H,19,21);7H,1-6,8H2/b16-15+;. The molecule has 1 unspecified atom stereocenters. The Balaban J connectivity index is 0.000000807. The van der Waals surface area contributed by atoms with E-state index in [1.54, 1.807) is 4.90 Å². The zero-order valence-corrected chi connectivity index (χ0v) is 19.7. The van der Waals surface area contributed by atoms with Gasteiger partial charge >= 0.3 is 0 Å². The van der Waals surface area contributed by atoms with Gasteiger partial charge in [0.1, 0.15) is 5.70 Å². The van der Waals surface area contributed by atoms with Crippen LogP contribution in [0, 0.1) is 11.8 Å². The molecule has 0 radical (unpaired) electrons. The van der Waals surface area contributed by atoms with E-state index in [0.29, 0.717) is 23.9 Å². The van der Waals surface area contributed by atoms with Gasteiger partial charge in [0.2, 0.25) is 0 Å². The molecule has 0 bridgehead atoms. The molecule has 5 nitrogen and oxygen atoms in total. The number of allylic oxidation sites excluding steroid dienone is 1. The second kappa shape index (κ2) is 16.2. The van der Waals surface area contributed by atoms with E-state index in [4.69, 9.17) is 5.73 Å². The van der Waals surface area contributed by atoms with Crippen LogP contribution in [0.3, 0.4) is 0 Å². The Morgan fingerprint density at radius 3 is 2.24 bits per heavy atom. The summed E-state index contributed by atoms with van der Waals surface area (Å²) in [7, 11) is 3.68. The molecule has 0 aliphatic heterocycles. The fraction of sp³-hybridized carbons (Fsp3) is 0.750. The maximum atomic E-state index is 12.5. The fourth-order valence-corrected chi connectivity index (χ4v) is 3.67. The molecule has 5 heteroatoms. The van der Waals surface area contributed by atoms with Gasteiger partial charge in [-0.3, -0.25) is 9.79 Å². The summed E-state index contributed by atoms with van der Waals surface area (Å²) in [5.74, 6) is 1.23. The monoisotopic (exact) mass is 406 g/mol. The topological polar surface area (TPSA) is 70.7 Å². The van der Waals surface area contributed by atoms with E-state index in [-0.39, 0.29) is 5.91 Å². The minimum atomic E-state index is -0.109. The molecule has 1 saturated carbocycles. The SMILES string of the molecule is C=N/C(C(=C)CCC)=C(\C(=O)NCC(C)CCC)N(C)C.NCC1CCCCC1. The van der Waals surface area contributed by atoms with Crippen molar-refractivity contribution in [2.45, 2.75) is 78.6 Å². The highest BCUT2D eigenvalue weighted by Gasteiger charge is 2.19. The molecule has 0 aromatic heterocycles. The summed E-state index contributed by atoms with van der Waals surface area (Å²) in [5, 5.41) is 2.99. The third-order valence-electron chi connectivity index (χ3n) is 5.38. The second-order valence-electron chi connectivity index (χ2n) is 8.45. The van der Waals surface area contributed by atoms with Crippen molar-refractivity contribution in [1.82, 2.24) is 10.2 Å². The lowest BCUT2D eigenvalue weighted by Crippen LogP contribution is -2.35. The van der Waals surface area contributed by atoms with Crippen molar-refractivity contribution in [2.24, 2.45) is 22.6 Å². The third-order valence-corrected chi connectivity index (χ3v) is 5.38. The summed E-state index contributed by atoms with van der Waals surface area (Å²) in [5.41, 5.74) is 7.49. The predicted molar refractivity (Wildman–Crippen MR) is 127 cm³/mol. The molecule has 1 aliphatic rings. The lowest BCUT2D eigenvalue weighted by atomic mass is 9.90. The minimum Gasteiger partial charge on any atom is -0.371 e. The predicted octanol–water partition coefficient (Wildman–Crippen LogP) is 4.89. The largest absolute Gasteiger partial charge is 0.371 e. The molecule has 1 rings (SSSR count). The van der Waals surface area contributed by atoms with Crippen LogP contribution in [-0.2, 0) is 4.79 Å². The fourth-order valence-electron chi connectivity index (χ4n) is 3.67. The van der Waals surface area contributed by atoms with Crippen LogP contribution in [0.25, 0.3) is 0 Å². The molecule has 0 aromatic carbocycles. The van der Waals surface area contributed by atoms with Gasteiger partial charge in [0, 0.05) is 20.6 Å². The van der Waals surface area contributed by atoms with E-state index < -0.39 is 0 Å². The molecule has 1 atom stereocenters. The number of rotatable bonds is 11. The lowest BCUT2D eigenvalue weighted by molar-refractivity contribution is -0.119. The first kappa shape index (κ1) is 27.4. The highest BCUT2D eigenvalue weighted by molar-refractivity contribution is 5.94. The van der Waals surface area contributed by atoms with Crippen molar-refractivity contribution in [3.05, 3.63) is 23.5 Å². The number of amides is 1. The summed E-state index contributed by atoms with van der Waals surface area (Å²) < 4.78 is 0. The van der Waals surface area contributed by atoms with Crippen LogP contribution in [0.4, 0.5) is 0 Å². The van der Waals surface area contributed by atoms with E-state index in [9.17, 15) is 4.79 Å². The van der Waals surface area contributed by atoms with Crippen molar-refractivity contribution >= 4 is 12.6 Å². The molecule has 0 heterocycles. The molecule has 0 aromatic rings. The van der Waals surface area contributed by atoms with Crippen LogP contribution in [0.1, 0.15) is 78.6 Å². The van der Waals surface area contributed by atoms with Crippen LogP contribution >= 0.6 is 0 Å². The number of nitrogens with two attached hydrogens (primary N) is 1. The van der Waals surface area contributed by atoms with Gasteiger partial charge in [-0.1, -0.05) is 59.5 Å². The third kappa shape index (κ3) is 11.2. The number of nitrogens with zero attached hydrogens (tertiary/aromatic N) is 2. The zero-order chi connectivity index (χ0) is 22.2. The molecule has 3 N–H and O–H groups in total. The summed E-state index contributed by atoms with van der Waals surface area (Å²) in [6.45, 7) is 15.6. The molecule has 0 spiro atoms. The van der Waals surface area contributed by atoms with Crippen LogP contribution in [-0.4, -0.2) is 44.7 Å². The number of carbonyl (C=O) groups is 1. The first-order valence-corrected chi connectivity index (χ1v) is 11.4. The van der Waals surface area contributed by atoms with Crippen molar-refractivity contribution in [3.8, 4) is 0 Å². The number of hydrogen-bond acceptors (Lipinski definition) is 4. The van der Waals surface area contributed by atoms with E-state index >= 15 is 0 Å². The molecule has 29 heavy (non-hydrogen) atoms. The number of hydrogen-bond donors (Lipinski definition) is 2. The Bertz CT molecular complexity index is 519. The van der Waals surface area contributed by atoms with Gasteiger partial charge in [-0.25, -0.2) is 0 Å². The van der Waals surface area contributed by atoms with E-state index in [2.05, 4.69) is 44.4 Å². The molecule has 1 amide bonds. The smallest absolute Gasteiger partial charge is 0.269 e. The maximum Gasteiger partial charge on any atom is 0.269 e. The molecular formula is C24H46N4O. The highest BCUT2D eigenvalue weighted by atomic mass is 16.2. The Kier molecular flexibility index (Phi) is 15.3. The first-order chi connectivity index (χ1) is 13.8. The molecule has 0 saturated heterocycles. The van der Waals surface area contributed by atoms with Crippen LogP contribution in [0.5, 0.6) is 0 Å². The maximum absolute atomic E-state index is 12.5. The zero-order valence-electron chi connectivity index (χ0n) is 19.7. The van der Waals surface area contributed by atoms with E-state index in [1.165, 1.54) is 32.1 Å². The van der Waals surface area contributed by atoms with Gasteiger partial charge in [-0.15, -0.1) is 0 Å². The van der Waals surface area contributed by atoms with Gasteiger partial charge in [0.15, 0.2) is 0 Å². The minimum absolute atomic E-state index is 0.109. The average molecular weight is 407 g/mol. The van der Waals surface area contributed by atoms with Crippen molar-refractivity contribution < 1.29 is 4.79 Å². The van der Waals surface area contributed by atoms with Crippen LogP contribution < -0.4 is 11.1 Å². The Hall–Kier alpha value is -1.62. The van der Waals surface area contributed by atoms with Crippen molar-refractivity contribution in [3.63, 3.8) is 0 Å². The lowest BCUT2D eigenvalue weighted by Gasteiger charge is -2.21.